The molecule has 1 unspecified atom stereocenters. The van der Waals surface area contributed by atoms with Crippen LogP contribution >= 0.6 is 0 Å². The third-order valence-electron chi connectivity index (χ3n) is 6.92. The second-order valence-electron chi connectivity index (χ2n) is 11.5. The van der Waals surface area contributed by atoms with Crippen LogP contribution in [0, 0.1) is 0 Å². The fourth-order valence-corrected chi connectivity index (χ4v) is 5.06. The maximum absolute atomic E-state index is 14.9. The predicted molar refractivity (Wildman–Crippen MR) is 172 cm³/mol. The van der Waals surface area contributed by atoms with Gasteiger partial charge >= 0.3 is 57.1 Å². The van der Waals surface area contributed by atoms with Gasteiger partial charge in [-0.1, -0.05) is 72.7 Å². The summed E-state index contributed by atoms with van der Waals surface area (Å²) in [6.45, 7) is 9.58. The molecule has 0 radical (unpaired) electrons. The summed E-state index contributed by atoms with van der Waals surface area (Å²) in [6, 6.07) is 22.5. The number of nitrogens with one attached hydrogen (secondary N) is 1. The van der Waals surface area contributed by atoms with Crippen molar-refractivity contribution in [2.45, 2.75) is 65.8 Å². The number of H-pyrrole nitrogens is 1. The Labute approximate surface area is 298 Å². The van der Waals surface area contributed by atoms with Gasteiger partial charge in [0.15, 0.2) is 5.82 Å². The van der Waals surface area contributed by atoms with Crippen LogP contribution in [0.3, 0.4) is 0 Å². The average Bonchev–Trinajstić information content (AvgIpc) is 3.41. The van der Waals surface area contributed by atoms with Crippen molar-refractivity contribution in [3.8, 4) is 39.4 Å². The van der Waals surface area contributed by atoms with Gasteiger partial charge in [-0.2, -0.15) is 0 Å². The van der Waals surface area contributed by atoms with Crippen molar-refractivity contribution in [1.82, 2.24) is 19.7 Å². The Morgan fingerprint density at radius 1 is 0.955 bits per heavy atom. The molecular weight excluding hydrogens is 586 g/mol. The zero-order chi connectivity index (χ0) is 30.7. The summed E-state index contributed by atoms with van der Waals surface area (Å²) in [6.07, 6.45) is -0.128. The summed E-state index contributed by atoms with van der Waals surface area (Å²) in [5.41, 5.74) is 3.72. The van der Waals surface area contributed by atoms with E-state index in [2.05, 4.69) is 10.1 Å². The predicted octanol–water partition coefficient (Wildman–Crippen LogP) is 6.48. The van der Waals surface area contributed by atoms with Crippen LogP contribution in [0.15, 0.2) is 86.9 Å². The van der Waals surface area contributed by atoms with Gasteiger partial charge in [0, 0.05) is 12.0 Å². The molecular formula is C34H36FKN4O4. The number of hydrogen-bond acceptors (Lipinski definition) is 6. The van der Waals surface area contributed by atoms with Gasteiger partial charge in [-0.25, -0.2) is 14.2 Å². The standard InChI is InChI=1S/C34H35FN4O4.K.H/c1-6-9-28-36-30(21(2)35)29(24-16-18-25(19-17-24)42-34(3,4)5)32(40)39(28)20-22-12-14-23(15-13-22)26-10-7-8-11-27(26)31-37-33(41)43-38-31;;/h7-8,10-19,21H,6,9,20H2,1-5H3,(H,37,38,41);;. The van der Waals surface area contributed by atoms with E-state index in [-0.39, 0.29) is 80.3 Å². The van der Waals surface area contributed by atoms with E-state index in [4.69, 9.17) is 14.2 Å². The van der Waals surface area contributed by atoms with E-state index in [0.717, 1.165) is 28.7 Å². The zero-order valence-corrected chi connectivity index (χ0v) is 25.0. The second-order valence-corrected chi connectivity index (χ2v) is 11.5. The van der Waals surface area contributed by atoms with Gasteiger partial charge < -0.3 is 4.74 Å². The van der Waals surface area contributed by atoms with Crippen LogP contribution in [0.25, 0.3) is 33.6 Å². The zero-order valence-electron chi connectivity index (χ0n) is 25.0. The molecule has 8 nitrogen and oxygen atoms in total. The van der Waals surface area contributed by atoms with Crippen LogP contribution in [0.2, 0.25) is 0 Å². The first-order valence-corrected chi connectivity index (χ1v) is 14.4. The Morgan fingerprint density at radius 3 is 2.16 bits per heavy atom. The van der Waals surface area contributed by atoms with Gasteiger partial charge in [-0.3, -0.25) is 18.9 Å². The number of halogens is 1. The van der Waals surface area contributed by atoms with Crippen molar-refractivity contribution in [1.29, 1.82) is 0 Å². The molecule has 5 aromatic rings. The molecule has 1 N–H and O–H groups in total. The van der Waals surface area contributed by atoms with Gasteiger partial charge in [-0.15, -0.1) is 0 Å². The second kappa shape index (κ2) is 14.3. The number of rotatable bonds is 9. The number of alkyl halides is 1. The molecule has 0 bridgehead atoms. The quantitative estimate of drug-likeness (QED) is 0.189. The van der Waals surface area contributed by atoms with Gasteiger partial charge in [0.05, 0.1) is 17.8 Å². The first-order valence-electron chi connectivity index (χ1n) is 14.4. The molecule has 10 heteroatoms. The molecule has 0 aliphatic heterocycles. The van der Waals surface area contributed by atoms with E-state index in [1.165, 1.54) is 6.92 Å². The molecule has 3 aromatic carbocycles. The van der Waals surface area contributed by atoms with Crippen molar-refractivity contribution < 1.29 is 13.7 Å². The van der Waals surface area contributed by atoms with E-state index in [9.17, 15) is 14.0 Å². The molecule has 0 amide bonds. The summed E-state index contributed by atoms with van der Waals surface area (Å²) in [4.78, 5) is 32.9. The molecule has 5 rings (SSSR count). The third-order valence-corrected chi connectivity index (χ3v) is 6.92. The number of aromatic amines is 1. The third kappa shape index (κ3) is 7.73. The molecule has 1 atom stereocenters. The molecule has 0 aliphatic rings. The normalized spacial score (nSPS) is 12.0. The van der Waals surface area contributed by atoms with Gasteiger partial charge in [-0.05, 0) is 68.5 Å². The number of benzene rings is 3. The molecule has 0 spiro atoms. The summed E-state index contributed by atoms with van der Waals surface area (Å²) in [5, 5.41) is 3.83. The Balaban J connectivity index is 0.00000442. The van der Waals surface area contributed by atoms with Gasteiger partial charge in [0.25, 0.3) is 5.56 Å². The van der Waals surface area contributed by atoms with Crippen molar-refractivity contribution in [3.63, 3.8) is 0 Å². The Morgan fingerprint density at radius 2 is 1.59 bits per heavy atom. The minimum atomic E-state index is -1.42. The summed E-state index contributed by atoms with van der Waals surface area (Å²) < 4.78 is 27.2. The van der Waals surface area contributed by atoms with E-state index in [1.54, 1.807) is 28.8 Å². The topological polar surface area (TPSA) is 103 Å². The minimum absolute atomic E-state index is 0. The fraction of sp³-hybridized carbons (Fsp3) is 0.294. The van der Waals surface area contributed by atoms with Crippen molar-refractivity contribution in [3.05, 3.63) is 111 Å². The van der Waals surface area contributed by atoms with Crippen LogP contribution in [0.1, 0.15) is 64.3 Å². The van der Waals surface area contributed by atoms with Crippen LogP contribution in [0.4, 0.5) is 4.39 Å². The average molecular weight is 623 g/mol. The number of hydrogen-bond donors (Lipinski definition) is 1. The molecule has 0 saturated carbocycles. The van der Waals surface area contributed by atoms with E-state index in [0.29, 0.717) is 29.4 Å². The van der Waals surface area contributed by atoms with Crippen LogP contribution in [-0.2, 0) is 13.0 Å². The van der Waals surface area contributed by atoms with E-state index in [1.807, 2.05) is 76.2 Å². The summed E-state index contributed by atoms with van der Waals surface area (Å²) >= 11 is 0. The summed E-state index contributed by atoms with van der Waals surface area (Å²) in [7, 11) is 0. The number of ether oxygens (including phenoxy) is 1. The number of aryl methyl sites for hydroxylation is 1. The van der Waals surface area contributed by atoms with E-state index < -0.39 is 11.9 Å². The SMILES string of the molecule is CCCc1nc(C(C)F)c(-c2ccc(OC(C)(C)C)cc2)c(=O)n1Cc1ccc(-c2ccccc2-c2noc(=O)[nH]2)cc1.[KH]. The molecule has 2 heterocycles. The van der Waals surface area contributed by atoms with Crippen molar-refractivity contribution in [2.24, 2.45) is 0 Å². The molecule has 0 aliphatic carbocycles. The molecule has 2 aromatic heterocycles. The monoisotopic (exact) mass is 622 g/mol. The van der Waals surface area contributed by atoms with Crippen LogP contribution < -0.4 is 16.1 Å². The Kier molecular flexibility index (Phi) is 11.0. The molecule has 0 saturated heterocycles. The molecule has 0 fully saturated rings. The maximum atomic E-state index is 14.9. The van der Waals surface area contributed by atoms with Crippen molar-refractivity contribution in [2.75, 3.05) is 0 Å². The number of nitrogens with zero attached hydrogens (tertiary/aromatic N) is 3. The van der Waals surface area contributed by atoms with E-state index >= 15 is 0 Å². The molecule has 224 valence electrons. The Hall–Kier alpha value is -3.15. The van der Waals surface area contributed by atoms with Crippen LogP contribution in [0.5, 0.6) is 5.75 Å². The van der Waals surface area contributed by atoms with Gasteiger partial charge in [0.1, 0.15) is 23.3 Å². The first-order chi connectivity index (χ1) is 20.5. The Bertz CT molecular complexity index is 1840. The number of aromatic nitrogens is 4. The fourth-order valence-electron chi connectivity index (χ4n) is 5.06. The summed E-state index contributed by atoms with van der Waals surface area (Å²) in [5.74, 6) is 0.939. The van der Waals surface area contributed by atoms with Crippen LogP contribution in [-0.4, -0.2) is 76.7 Å². The van der Waals surface area contributed by atoms with Crippen molar-refractivity contribution >= 4 is 51.4 Å². The molecule has 44 heavy (non-hydrogen) atoms. The first kappa shape index (κ1) is 33.7. The van der Waals surface area contributed by atoms with Gasteiger partial charge in [0.2, 0.25) is 0 Å².